The minimum atomic E-state index is -0.265. The number of nitriles is 1. The fourth-order valence-electron chi connectivity index (χ4n) is 2.02. The maximum atomic E-state index is 12.4. The summed E-state index contributed by atoms with van der Waals surface area (Å²) in [7, 11) is 1.58. The number of allylic oxidation sites excluding steroid dienone is 1. The van der Waals surface area contributed by atoms with Gasteiger partial charge in [0.05, 0.1) is 7.11 Å². The standard InChI is InChI=1S/C18H15NO2/c1-13-6-3-4-9-17(13)18(20)15(12-19)10-14-7-5-8-16(11-14)21-2/h3-11H,1-2H3/b15-10+. The van der Waals surface area contributed by atoms with Crippen LogP contribution < -0.4 is 4.74 Å². The van der Waals surface area contributed by atoms with E-state index in [2.05, 4.69) is 0 Å². The molecule has 0 aliphatic carbocycles. The molecule has 0 aromatic heterocycles. The summed E-state index contributed by atoms with van der Waals surface area (Å²) < 4.78 is 5.14. The molecule has 2 rings (SSSR count). The van der Waals surface area contributed by atoms with Gasteiger partial charge in [-0.25, -0.2) is 0 Å². The number of hydrogen-bond donors (Lipinski definition) is 0. The molecule has 0 heterocycles. The normalized spacial score (nSPS) is 10.8. The zero-order chi connectivity index (χ0) is 15.2. The van der Waals surface area contributed by atoms with Gasteiger partial charge in [-0.1, -0.05) is 36.4 Å². The van der Waals surface area contributed by atoms with Crippen molar-refractivity contribution in [2.45, 2.75) is 6.92 Å². The van der Waals surface area contributed by atoms with Crippen molar-refractivity contribution in [2.75, 3.05) is 7.11 Å². The van der Waals surface area contributed by atoms with E-state index in [0.717, 1.165) is 11.1 Å². The van der Waals surface area contributed by atoms with Crippen molar-refractivity contribution >= 4 is 11.9 Å². The minimum absolute atomic E-state index is 0.109. The van der Waals surface area contributed by atoms with E-state index in [-0.39, 0.29) is 11.4 Å². The molecule has 3 heteroatoms. The van der Waals surface area contributed by atoms with Crippen molar-refractivity contribution in [1.29, 1.82) is 5.26 Å². The molecule has 0 amide bonds. The molecule has 0 fully saturated rings. The molecular weight excluding hydrogens is 262 g/mol. The summed E-state index contributed by atoms with van der Waals surface area (Å²) in [5.41, 5.74) is 2.27. The van der Waals surface area contributed by atoms with E-state index in [4.69, 9.17) is 4.74 Å². The Bertz CT molecular complexity index is 739. The highest BCUT2D eigenvalue weighted by Crippen LogP contribution is 2.18. The second kappa shape index (κ2) is 6.53. The van der Waals surface area contributed by atoms with Gasteiger partial charge in [-0.15, -0.1) is 0 Å². The Kier molecular flexibility index (Phi) is 4.53. The minimum Gasteiger partial charge on any atom is -0.497 e. The number of ether oxygens (including phenoxy) is 1. The monoisotopic (exact) mass is 277 g/mol. The molecule has 0 saturated carbocycles. The Labute approximate surface area is 124 Å². The lowest BCUT2D eigenvalue weighted by molar-refractivity contribution is 0.103. The smallest absolute Gasteiger partial charge is 0.203 e. The highest BCUT2D eigenvalue weighted by atomic mass is 16.5. The summed E-state index contributed by atoms with van der Waals surface area (Å²) >= 11 is 0. The lowest BCUT2D eigenvalue weighted by Gasteiger charge is -2.04. The first-order chi connectivity index (χ1) is 10.2. The van der Waals surface area contributed by atoms with E-state index in [9.17, 15) is 10.1 Å². The van der Waals surface area contributed by atoms with E-state index >= 15 is 0 Å². The third-order valence-electron chi connectivity index (χ3n) is 3.16. The van der Waals surface area contributed by atoms with Crippen molar-refractivity contribution in [3.8, 4) is 11.8 Å². The van der Waals surface area contributed by atoms with Crippen LogP contribution in [0.5, 0.6) is 5.75 Å². The lowest BCUT2D eigenvalue weighted by atomic mass is 9.98. The van der Waals surface area contributed by atoms with Crippen molar-refractivity contribution in [3.63, 3.8) is 0 Å². The fourth-order valence-corrected chi connectivity index (χ4v) is 2.02. The first kappa shape index (κ1) is 14.5. The topological polar surface area (TPSA) is 50.1 Å². The van der Waals surface area contributed by atoms with Gasteiger partial charge in [0.1, 0.15) is 17.4 Å². The van der Waals surface area contributed by atoms with E-state index in [1.807, 2.05) is 43.3 Å². The number of ketones is 1. The molecule has 3 nitrogen and oxygen atoms in total. The van der Waals surface area contributed by atoms with Crippen LogP contribution in [0.25, 0.3) is 6.08 Å². The Morgan fingerprint density at radius 2 is 1.95 bits per heavy atom. The van der Waals surface area contributed by atoms with E-state index in [0.29, 0.717) is 11.3 Å². The molecule has 0 radical (unpaired) electrons. The molecule has 0 atom stereocenters. The third kappa shape index (κ3) is 3.37. The lowest BCUT2D eigenvalue weighted by Crippen LogP contribution is -2.04. The number of Topliss-reactive ketones (excluding diaryl/α,β-unsaturated/α-hetero) is 1. The van der Waals surface area contributed by atoms with Gasteiger partial charge in [0, 0.05) is 5.56 Å². The van der Waals surface area contributed by atoms with Crippen LogP contribution in [0, 0.1) is 18.3 Å². The van der Waals surface area contributed by atoms with E-state index < -0.39 is 0 Å². The van der Waals surface area contributed by atoms with Crippen LogP contribution in [0.4, 0.5) is 0 Å². The molecule has 0 bridgehead atoms. The number of rotatable bonds is 4. The second-order valence-corrected chi connectivity index (χ2v) is 4.59. The van der Waals surface area contributed by atoms with Crippen LogP contribution in [0.1, 0.15) is 21.5 Å². The van der Waals surface area contributed by atoms with Crippen molar-refractivity contribution in [3.05, 3.63) is 70.8 Å². The van der Waals surface area contributed by atoms with Gasteiger partial charge < -0.3 is 4.74 Å². The first-order valence-corrected chi connectivity index (χ1v) is 6.52. The second-order valence-electron chi connectivity index (χ2n) is 4.59. The Hall–Kier alpha value is -2.86. The zero-order valence-electron chi connectivity index (χ0n) is 12.0. The number of aryl methyl sites for hydroxylation is 1. The highest BCUT2D eigenvalue weighted by molar-refractivity contribution is 6.14. The number of benzene rings is 2. The van der Waals surface area contributed by atoms with Crippen LogP contribution in [0.3, 0.4) is 0 Å². The molecule has 21 heavy (non-hydrogen) atoms. The van der Waals surface area contributed by atoms with Gasteiger partial charge in [0.2, 0.25) is 5.78 Å². The maximum Gasteiger partial charge on any atom is 0.203 e. The number of carbonyl (C=O) groups is 1. The Morgan fingerprint density at radius 1 is 1.19 bits per heavy atom. The average Bonchev–Trinajstić information content (AvgIpc) is 2.52. The molecule has 0 aliphatic rings. The van der Waals surface area contributed by atoms with Gasteiger partial charge >= 0.3 is 0 Å². The Balaban J connectivity index is 2.40. The maximum absolute atomic E-state index is 12.4. The van der Waals surface area contributed by atoms with Crippen LogP contribution in [0.2, 0.25) is 0 Å². The number of hydrogen-bond acceptors (Lipinski definition) is 3. The summed E-state index contributed by atoms with van der Waals surface area (Å²) in [6.45, 7) is 1.85. The summed E-state index contributed by atoms with van der Waals surface area (Å²) in [4.78, 5) is 12.4. The molecule has 0 aliphatic heterocycles. The number of methoxy groups -OCH3 is 1. The highest BCUT2D eigenvalue weighted by Gasteiger charge is 2.14. The molecule has 0 spiro atoms. The SMILES string of the molecule is COc1cccc(/C=C(\C#N)C(=O)c2ccccc2C)c1. The van der Waals surface area contributed by atoms with Gasteiger partial charge in [-0.2, -0.15) is 5.26 Å². The molecule has 104 valence electrons. The van der Waals surface area contributed by atoms with E-state index in [1.54, 1.807) is 31.4 Å². The van der Waals surface area contributed by atoms with Gasteiger partial charge in [0.25, 0.3) is 0 Å². The Morgan fingerprint density at radius 3 is 2.62 bits per heavy atom. The van der Waals surface area contributed by atoms with Crippen molar-refractivity contribution in [1.82, 2.24) is 0 Å². The van der Waals surface area contributed by atoms with Crippen LogP contribution in [0.15, 0.2) is 54.1 Å². The number of nitrogens with zero attached hydrogens (tertiary/aromatic N) is 1. The van der Waals surface area contributed by atoms with E-state index in [1.165, 1.54) is 0 Å². The van der Waals surface area contributed by atoms with Crippen LogP contribution in [-0.4, -0.2) is 12.9 Å². The third-order valence-corrected chi connectivity index (χ3v) is 3.16. The fraction of sp³-hybridized carbons (Fsp3) is 0.111. The largest absolute Gasteiger partial charge is 0.497 e. The summed E-state index contributed by atoms with van der Waals surface area (Å²) in [6.07, 6.45) is 1.58. The number of carbonyl (C=O) groups excluding carboxylic acids is 1. The molecular formula is C18H15NO2. The molecule has 0 N–H and O–H groups in total. The molecule has 0 saturated heterocycles. The van der Waals surface area contributed by atoms with Crippen molar-refractivity contribution in [2.24, 2.45) is 0 Å². The molecule has 2 aromatic carbocycles. The van der Waals surface area contributed by atoms with Gasteiger partial charge in [-0.3, -0.25) is 4.79 Å². The van der Waals surface area contributed by atoms with Crippen molar-refractivity contribution < 1.29 is 9.53 Å². The summed E-state index contributed by atoms with van der Waals surface area (Å²) in [5, 5.41) is 9.27. The average molecular weight is 277 g/mol. The van der Waals surface area contributed by atoms with Crippen LogP contribution in [-0.2, 0) is 0 Å². The molecule has 2 aromatic rings. The first-order valence-electron chi connectivity index (χ1n) is 6.52. The predicted molar refractivity (Wildman–Crippen MR) is 82.1 cm³/mol. The quantitative estimate of drug-likeness (QED) is 0.485. The zero-order valence-corrected chi connectivity index (χ0v) is 12.0. The molecule has 0 unspecified atom stereocenters. The van der Waals surface area contributed by atoms with Gasteiger partial charge in [-0.05, 0) is 36.3 Å². The van der Waals surface area contributed by atoms with Crippen LogP contribution >= 0.6 is 0 Å². The van der Waals surface area contributed by atoms with Gasteiger partial charge in [0.15, 0.2) is 0 Å². The predicted octanol–water partition coefficient (Wildman–Crippen LogP) is 3.79. The summed E-state index contributed by atoms with van der Waals surface area (Å²) in [5.74, 6) is 0.419. The summed E-state index contributed by atoms with van der Waals surface area (Å²) in [6, 6.07) is 16.5.